The van der Waals surface area contributed by atoms with Gasteiger partial charge in [0.1, 0.15) is 0 Å². The highest BCUT2D eigenvalue weighted by molar-refractivity contribution is 5.74. The quantitative estimate of drug-likeness (QED) is 0.637. The fourth-order valence-corrected chi connectivity index (χ4v) is 2.38. The van der Waals surface area contributed by atoms with E-state index in [1.165, 1.54) is 7.11 Å². The van der Waals surface area contributed by atoms with Gasteiger partial charge in [-0.2, -0.15) is 0 Å². The summed E-state index contributed by atoms with van der Waals surface area (Å²) in [4.78, 5) is 22.3. The molecule has 1 rings (SSSR count). The van der Waals surface area contributed by atoms with Gasteiger partial charge in [0.2, 0.25) is 0 Å². The lowest BCUT2D eigenvalue weighted by Crippen LogP contribution is -2.63. The highest BCUT2D eigenvalue weighted by atomic mass is 16.5. The van der Waals surface area contributed by atoms with Crippen LogP contribution in [-0.2, 0) is 14.3 Å². The predicted octanol–water partition coefficient (Wildman–Crippen LogP) is 0.589. The first-order valence-corrected chi connectivity index (χ1v) is 6.63. The molecule has 0 radical (unpaired) electrons. The van der Waals surface area contributed by atoms with E-state index in [-0.39, 0.29) is 36.6 Å². The molecule has 0 spiro atoms. The number of carbonyl (C=O) groups is 2. The molecule has 0 aliphatic heterocycles. The summed E-state index contributed by atoms with van der Waals surface area (Å²) in [6.45, 7) is 4.24. The molecule has 0 aromatic heterocycles. The Morgan fingerprint density at radius 2 is 2.05 bits per heavy atom. The second-order valence-electron chi connectivity index (χ2n) is 5.64. The molecule has 1 aliphatic rings. The summed E-state index contributed by atoms with van der Waals surface area (Å²) < 4.78 is 10.3. The van der Waals surface area contributed by atoms with Gasteiger partial charge >= 0.3 is 12.0 Å². The zero-order chi connectivity index (χ0) is 15.3. The van der Waals surface area contributed by atoms with Crippen molar-refractivity contribution >= 4 is 12.0 Å². The van der Waals surface area contributed by atoms with Gasteiger partial charge in [-0.1, -0.05) is 13.8 Å². The molecule has 116 valence electrons. The van der Waals surface area contributed by atoms with Gasteiger partial charge in [0.05, 0.1) is 18.6 Å². The van der Waals surface area contributed by atoms with Crippen LogP contribution >= 0.6 is 0 Å². The predicted molar refractivity (Wildman–Crippen MR) is 72.6 cm³/mol. The van der Waals surface area contributed by atoms with Crippen molar-refractivity contribution in [2.75, 3.05) is 20.8 Å². The molecule has 1 saturated carbocycles. The molecule has 3 N–H and O–H groups in total. The minimum atomic E-state index is -0.956. The molecule has 3 atom stereocenters. The van der Waals surface area contributed by atoms with E-state index in [4.69, 9.17) is 14.6 Å². The number of carboxylic acids is 1. The summed E-state index contributed by atoms with van der Waals surface area (Å²) in [6, 6.07) is -0.266. The van der Waals surface area contributed by atoms with Crippen LogP contribution in [0, 0.1) is 5.41 Å². The van der Waals surface area contributed by atoms with Crippen molar-refractivity contribution in [3.05, 3.63) is 0 Å². The zero-order valence-corrected chi connectivity index (χ0v) is 12.4. The Bertz CT molecular complexity index is 359. The number of aliphatic carboxylic acids is 1. The fourth-order valence-electron chi connectivity index (χ4n) is 2.38. The topological polar surface area (TPSA) is 96.9 Å². The number of rotatable bonds is 7. The minimum Gasteiger partial charge on any atom is -0.481 e. The smallest absolute Gasteiger partial charge is 0.315 e. The monoisotopic (exact) mass is 288 g/mol. The number of carboxylic acid groups (broad SMARTS) is 1. The SMILES string of the molecule is COC(CNC(=O)NC1CC(OC)C1(C)C)CC(=O)O. The first-order chi connectivity index (χ1) is 9.31. The van der Waals surface area contributed by atoms with Crippen LogP contribution < -0.4 is 10.6 Å². The molecule has 1 fully saturated rings. The Labute approximate surface area is 119 Å². The molecular formula is C13H24N2O5. The second-order valence-corrected chi connectivity index (χ2v) is 5.64. The maximum atomic E-state index is 11.8. The Hall–Kier alpha value is -1.34. The van der Waals surface area contributed by atoms with E-state index in [9.17, 15) is 9.59 Å². The molecule has 3 unspecified atom stereocenters. The van der Waals surface area contributed by atoms with Crippen LogP contribution in [0.1, 0.15) is 26.7 Å². The van der Waals surface area contributed by atoms with Crippen LogP contribution in [0.15, 0.2) is 0 Å². The molecule has 0 heterocycles. The van der Waals surface area contributed by atoms with Crippen molar-refractivity contribution < 1.29 is 24.2 Å². The Morgan fingerprint density at radius 1 is 1.40 bits per heavy atom. The van der Waals surface area contributed by atoms with E-state index in [2.05, 4.69) is 10.6 Å². The Balaban J connectivity index is 2.32. The van der Waals surface area contributed by atoms with Gasteiger partial charge in [-0.3, -0.25) is 4.79 Å². The van der Waals surface area contributed by atoms with Crippen LogP contribution in [0.2, 0.25) is 0 Å². The molecule has 1 aliphatic carbocycles. The summed E-state index contributed by atoms with van der Waals surface area (Å²) in [5.74, 6) is -0.956. The Kier molecular flexibility index (Phi) is 5.76. The van der Waals surface area contributed by atoms with Crippen molar-refractivity contribution in [1.82, 2.24) is 10.6 Å². The standard InChI is InChI=1S/C13H24N2O5/c1-13(2)9(6-10(13)20-4)15-12(18)14-7-8(19-3)5-11(16)17/h8-10H,5-7H2,1-4H3,(H,16,17)(H2,14,15,18). The second kappa shape index (κ2) is 6.90. The molecule has 0 aromatic rings. The van der Waals surface area contributed by atoms with E-state index in [0.717, 1.165) is 6.42 Å². The highest BCUT2D eigenvalue weighted by Crippen LogP contribution is 2.42. The van der Waals surface area contributed by atoms with E-state index in [1.807, 2.05) is 13.8 Å². The van der Waals surface area contributed by atoms with Gasteiger partial charge in [-0.25, -0.2) is 4.79 Å². The molecule has 0 bridgehead atoms. The Morgan fingerprint density at radius 3 is 2.50 bits per heavy atom. The number of nitrogens with one attached hydrogen (secondary N) is 2. The van der Waals surface area contributed by atoms with Gasteiger partial charge < -0.3 is 25.2 Å². The summed E-state index contributed by atoms with van der Waals surface area (Å²) in [7, 11) is 3.09. The first-order valence-electron chi connectivity index (χ1n) is 6.63. The minimum absolute atomic E-state index is 0.0490. The van der Waals surface area contributed by atoms with Crippen molar-refractivity contribution in [3.8, 4) is 0 Å². The molecule has 0 saturated heterocycles. The van der Waals surface area contributed by atoms with Crippen molar-refractivity contribution in [3.63, 3.8) is 0 Å². The van der Waals surface area contributed by atoms with E-state index >= 15 is 0 Å². The van der Waals surface area contributed by atoms with Crippen LogP contribution in [-0.4, -0.2) is 56.1 Å². The molecule has 7 nitrogen and oxygen atoms in total. The van der Waals surface area contributed by atoms with Gasteiger partial charge in [0.15, 0.2) is 0 Å². The van der Waals surface area contributed by atoms with Gasteiger partial charge in [0.25, 0.3) is 0 Å². The lowest BCUT2D eigenvalue weighted by atomic mass is 9.64. The van der Waals surface area contributed by atoms with Gasteiger partial charge in [-0.05, 0) is 6.42 Å². The van der Waals surface area contributed by atoms with Crippen LogP contribution in [0.5, 0.6) is 0 Å². The first kappa shape index (κ1) is 16.7. The number of carbonyl (C=O) groups excluding carboxylic acids is 1. The lowest BCUT2D eigenvalue weighted by molar-refractivity contribution is -0.139. The normalized spacial score (nSPS) is 25.4. The number of methoxy groups -OCH3 is 2. The lowest BCUT2D eigenvalue weighted by Gasteiger charge is -2.51. The summed E-state index contributed by atoms with van der Waals surface area (Å²) in [6.07, 6.45) is 0.253. The third-order valence-electron chi connectivity index (χ3n) is 3.99. The average Bonchev–Trinajstić information content (AvgIpc) is 2.38. The molecule has 7 heteroatoms. The van der Waals surface area contributed by atoms with Crippen LogP contribution in [0.4, 0.5) is 4.79 Å². The maximum absolute atomic E-state index is 11.8. The zero-order valence-electron chi connectivity index (χ0n) is 12.4. The van der Waals surface area contributed by atoms with Crippen molar-refractivity contribution in [2.45, 2.75) is 44.9 Å². The average molecular weight is 288 g/mol. The summed E-state index contributed by atoms with van der Waals surface area (Å²) in [5, 5.41) is 14.2. The molecular weight excluding hydrogens is 264 g/mol. The highest BCUT2D eigenvalue weighted by Gasteiger charge is 2.49. The van der Waals surface area contributed by atoms with Crippen LogP contribution in [0.25, 0.3) is 0 Å². The third kappa shape index (κ3) is 4.08. The number of hydrogen-bond acceptors (Lipinski definition) is 4. The number of urea groups is 1. The van der Waals surface area contributed by atoms with Gasteiger partial charge in [0, 0.05) is 32.2 Å². The van der Waals surface area contributed by atoms with Crippen molar-refractivity contribution in [2.24, 2.45) is 5.41 Å². The number of amides is 2. The molecule has 2 amide bonds. The van der Waals surface area contributed by atoms with Crippen molar-refractivity contribution in [1.29, 1.82) is 0 Å². The largest absolute Gasteiger partial charge is 0.481 e. The van der Waals surface area contributed by atoms with Crippen LogP contribution in [0.3, 0.4) is 0 Å². The maximum Gasteiger partial charge on any atom is 0.315 e. The van der Waals surface area contributed by atoms with E-state index < -0.39 is 12.1 Å². The fraction of sp³-hybridized carbons (Fsp3) is 0.846. The number of hydrogen-bond donors (Lipinski definition) is 3. The van der Waals surface area contributed by atoms with E-state index in [1.54, 1.807) is 7.11 Å². The third-order valence-corrected chi connectivity index (χ3v) is 3.99. The van der Waals surface area contributed by atoms with Gasteiger partial charge in [-0.15, -0.1) is 0 Å². The van der Waals surface area contributed by atoms with E-state index in [0.29, 0.717) is 0 Å². The molecule has 20 heavy (non-hydrogen) atoms. The summed E-state index contributed by atoms with van der Waals surface area (Å²) >= 11 is 0. The number of ether oxygens (including phenoxy) is 2. The summed E-state index contributed by atoms with van der Waals surface area (Å²) in [5.41, 5.74) is -0.103. The molecule has 0 aromatic carbocycles.